The Balaban J connectivity index is 5.09. The first-order valence-corrected chi connectivity index (χ1v) is 10.7. The number of hydrogen-bond donors (Lipinski definition) is 1. The average molecular weight is 349 g/mol. The van der Waals surface area contributed by atoms with Gasteiger partial charge in [0, 0.05) is 24.2 Å². The van der Waals surface area contributed by atoms with Gasteiger partial charge in [0.25, 0.3) is 0 Å². The highest BCUT2D eigenvalue weighted by Crippen LogP contribution is 2.29. The Labute approximate surface area is 145 Å². The first kappa shape index (κ1) is 22.9. The molecule has 2 unspecified atom stereocenters. The van der Waals surface area contributed by atoms with Crippen LogP contribution in [0.4, 0.5) is 0 Å². The highest BCUT2D eigenvalue weighted by atomic mass is 32.2. The second kappa shape index (κ2) is 8.30. The van der Waals surface area contributed by atoms with E-state index in [9.17, 15) is 8.42 Å². The molecule has 0 aliphatic heterocycles. The fourth-order valence-electron chi connectivity index (χ4n) is 3.21. The van der Waals surface area contributed by atoms with Crippen molar-refractivity contribution in [2.24, 2.45) is 11.3 Å². The number of hydrogen-bond acceptors (Lipinski definition) is 3. The molecular formula is C18H40N2O2S. The van der Waals surface area contributed by atoms with E-state index in [2.05, 4.69) is 58.1 Å². The molecule has 0 aromatic heterocycles. The topological polar surface area (TPSA) is 49.4 Å². The maximum absolute atomic E-state index is 11.6. The van der Waals surface area contributed by atoms with E-state index in [-0.39, 0.29) is 5.41 Å². The van der Waals surface area contributed by atoms with Crippen molar-refractivity contribution in [3.8, 4) is 0 Å². The Hall–Kier alpha value is -0.130. The molecule has 0 bridgehead atoms. The standard InChI is InChI=1S/C18H40N2O2S/c1-11-16(12-18(8,9)19-23(10,21)22)13-20(14(2)3)15(4)17(5,6)7/h14-16,19H,11-13H2,1-10H3. The summed E-state index contributed by atoms with van der Waals surface area (Å²) in [6.45, 7) is 20.8. The molecule has 5 heteroatoms. The van der Waals surface area contributed by atoms with Crippen LogP contribution in [0.15, 0.2) is 0 Å². The van der Waals surface area contributed by atoms with Crippen LogP contribution >= 0.6 is 0 Å². The minimum Gasteiger partial charge on any atom is -0.297 e. The van der Waals surface area contributed by atoms with Crippen LogP contribution in [0.2, 0.25) is 0 Å². The van der Waals surface area contributed by atoms with Gasteiger partial charge in [-0.05, 0) is 52.4 Å². The summed E-state index contributed by atoms with van der Waals surface area (Å²) >= 11 is 0. The molecule has 0 spiro atoms. The highest BCUT2D eigenvalue weighted by Gasteiger charge is 2.32. The Bertz CT molecular complexity index is 450. The maximum Gasteiger partial charge on any atom is 0.209 e. The molecule has 0 fully saturated rings. The first-order chi connectivity index (χ1) is 10.1. The molecule has 140 valence electrons. The lowest BCUT2D eigenvalue weighted by atomic mass is 9.84. The van der Waals surface area contributed by atoms with E-state index in [1.807, 2.05) is 13.8 Å². The zero-order valence-electron chi connectivity index (χ0n) is 17.0. The van der Waals surface area contributed by atoms with Gasteiger partial charge >= 0.3 is 0 Å². The van der Waals surface area contributed by atoms with E-state index in [1.165, 1.54) is 6.26 Å². The van der Waals surface area contributed by atoms with Crippen molar-refractivity contribution in [1.29, 1.82) is 0 Å². The Morgan fingerprint density at radius 2 is 1.52 bits per heavy atom. The lowest BCUT2D eigenvalue weighted by Crippen LogP contribution is -2.50. The van der Waals surface area contributed by atoms with Crippen molar-refractivity contribution in [3.05, 3.63) is 0 Å². The summed E-state index contributed by atoms with van der Waals surface area (Å²) in [6.07, 6.45) is 3.13. The third kappa shape index (κ3) is 9.06. The van der Waals surface area contributed by atoms with Gasteiger partial charge < -0.3 is 0 Å². The summed E-state index contributed by atoms with van der Waals surface area (Å²) in [7, 11) is -3.18. The van der Waals surface area contributed by atoms with Crippen molar-refractivity contribution in [2.45, 2.75) is 92.8 Å². The van der Waals surface area contributed by atoms with Crippen LogP contribution in [0.25, 0.3) is 0 Å². The zero-order chi connectivity index (χ0) is 18.6. The Morgan fingerprint density at radius 3 is 1.83 bits per heavy atom. The molecule has 0 amide bonds. The van der Waals surface area contributed by atoms with Gasteiger partial charge in [0.2, 0.25) is 10.0 Å². The molecule has 2 atom stereocenters. The van der Waals surface area contributed by atoms with E-state index in [0.717, 1.165) is 19.4 Å². The zero-order valence-corrected chi connectivity index (χ0v) is 17.8. The third-order valence-corrected chi connectivity index (χ3v) is 5.64. The monoisotopic (exact) mass is 348 g/mol. The molecule has 0 saturated carbocycles. The summed E-state index contributed by atoms with van der Waals surface area (Å²) in [5, 5.41) is 0. The molecule has 0 saturated heterocycles. The second-order valence-corrected chi connectivity index (χ2v) is 10.8. The first-order valence-electron chi connectivity index (χ1n) is 8.83. The van der Waals surface area contributed by atoms with Crippen LogP contribution in [0.5, 0.6) is 0 Å². The number of nitrogens with zero attached hydrogens (tertiary/aromatic N) is 1. The van der Waals surface area contributed by atoms with Crippen molar-refractivity contribution >= 4 is 10.0 Å². The average Bonchev–Trinajstić information content (AvgIpc) is 2.28. The quantitative estimate of drug-likeness (QED) is 0.688. The summed E-state index contributed by atoms with van der Waals surface area (Å²) in [4.78, 5) is 2.56. The van der Waals surface area contributed by atoms with Crippen molar-refractivity contribution in [3.63, 3.8) is 0 Å². The van der Waals surface area contributed by atoms with Gasteiger partial charge in [0.1, 0.15) is 0 Å². The molecular weight excluding hydrogens is 308 g/mol. The van der Waals surface area contributed by atoms with E-state index in [1.54, 1.807) is 0 Å². The van der Waals surface area contributed by atoms with Gasteiger partial charge in [-0.2, -0.15) is 0 Å². The van der Waals surface area contributed by atoms with E-state index in [0.29, 0.717) is 18.0 Å². The van der Waals surface area contributed by atoms with Crippen molar-refractivity contribution in [1.82, 2.24) is 9.62 Å². The van der Waals surface area contributed by atoms with Crippen LogP contribution in [-0.2, 0) is 10.0 Å². The smallest absolute Gasteiger partial charge is 0.209 e. The maximum atomic E-state index is 11.6. The van der Waals surface area contributed by atoms with Gasteiger partial charge in [-0.15, -0.1) is 0 Å². The lowest BCUT2D eigenvalue weighted by Gasteiger charge is -2.43. The molecule has 1 N–H and O–H groups in total. The molecule has 23 heavy (non-hydrogen) atoms. The van der Waals surface area contributed by atoms with Crippen LogP contribution in [0, 0.1) is 11.3 Å². The second-order valence-electron chi connectivity index (χ2n) is 9.07. The number of nitrogens with one attached hydrogen (secondary N) is 1. The SMILES string of the molecule is CCC(CN(C(C)C)C(C)C(C)(C)C)CC(C)(C)NS(C)(=O)=O. The van der Waals surface area contributed by atoms with Gasteiger partial charge in [-0.25, -0.2) is 13.1 Å². The number of rotatable bonds is 9. The molecule has 0 aliphatic carbocycles. The Morgan fingerprint density at radius 1 is 1.04 bits per heavy atom. The van der Waals surface area contributed by atoms with Gasteiger partial charge in [0.05, 0.1) is 6.26 Å². The van der Waals surface area contributed by atoms with Gasteiger partial charge in [-0.1, -0.05) is 34.1 Å². The molecule has 0 aromatic carbocycles. The molecule has 0 heterocycles. The van der Waals surface area contributed by atoms with Gasteiger partial charge in [-0.3, -0.25) is 4.90 Å². The van der Waals surface area contributed by atoms with Crippen LogP contribution < -0.4 is 4.72 Å². The molecule has 0 aliphatic rings. The molecule has 4 nitrogen and oxygen atoms in total. The fourth-order valence-corrected chi connectivity index (χ4v) is 4.30. The third-order valence-electron chi connectivity index (χ3n) is 4.72. The van der Waals surface area contributed by atoms with Crippen LogP contribution in [0.3, 0.4) is 0 Å². The fraction of sp³-hybridized carbons (Fsp3) is 1.00. The summed E-state index contributed by atoms with van der Waals surface area (Å²) in [6, 6.07) is 0.951. The minimum absolute atomic E-state index is 0.225. The van der Waals surface area contributed by atoms with E-state index < -0.39 is 15.6 Å². The van der Waals surface area contributed by atoms with Crippen LogP contribution in [-0.4, -0.2) is 43.7 Å². The predicted molar refractivity (Wildman–Crippen MR) is 101 cm³/mol. The summed E-state index contributed by atoms with van der Waals surface area (Å²) < 4.78 is 25.9. The summed E-state index contributed by atoms with van der Waals surface area (Å²) in [5.74, 6) is 0.464. The molecule has 0 aromatic rings. The summed E-state index contributed by atoms with van der Waals surface area (Å²) in [5.41, 5.74) is -0.190. The minimum atomic E-state index is -3.18. The normalized spacial score (nSPS) is 16.9. The van der Waals surface area contributed by atoms with Crippen LogP contribution in [0.1, 0.15) is 75.2 Å². The van der Waals surface area contributed by atoms with Crippen molar-refractivity contribution < 1.29 is 8.42 Å². The lowest BCUT2D eigenvalue weighted by molar-refractivity contribution is 0.0605. The van der Waals surface area contributed by atoms with E-state index in [4.69, 9.17) is 0 Å². The predicted octanol–water partition coefficient (Wildman–Crippen LogP) is 3.88. The number of sulfonamides is 1. The van der Waals surface area contributed by atoms with Crippen molar-refractivity contribution in [2.75, 3.05) is 12.8 Å². The molecule has 0 rings (SSSR count). The Kier molecular flexibility index (Phi) is 8.26. The van der Waals surface area contributed by atoms with E-state index >= 15 is 0 Å². The molecule has 0 radical (unpaired) electrons. The van der Waals surface area contributed by atoms with Gasteiger partial charge in [0.15, 0.2) is 0 Å². The largest absolute Gasteiger partial charge is 0.297 e. The highest BCUT2D eigenvalue weighted by molar-refractivity contribution is 7.88.